The van der Waals surface area contributed by atoms with Crippen LogP contribution in [0.2, 0.25) is 0 Å². The molecular formula is C16H23ClO2. The zero-order chi connectivity index (χ0) is 13.3. The second kappa shape index (κ2) is 8.44. The zero-order valence-electron chi connectivity index (χ0n) is 11.4. The van der Waals surface area contributed by atoms with Gasteiger partial charge < -0.3 is 9.47 Å². The third-order valence-electron chi connectivity index (χ3n) is 3.67. The lowest BCUT2D eigenvalue weighted by Crippen LogP contribution is -2.11. The second-order valence-electron chi connectivity index (χ2n) is 5.02. The maximum absolute atomic E-state index is 5.87. The quantitative estimate of drug-likeness (QED) is 0.546. The number of halogens is 1. The minimum Gasteiger partial charge on any atom is -0.491 e. The van der Waals surface area contributed by atoms with Crippen molar-refractivity contribution in [1.82, 2.24) is 0 Å². The summed E-state index contributed by atoms with van der Waals surface area (Å²) < 4.78 is 11.2. The fourth-order valence-corrected chi connectivity index (χ4v) is 2.84. The fraction of sp³-hybridized carbons (Fsp3) is 0.625. The highest BCUT2D eigenvalue weighted by molar-refractivity contribution is 6.17. The highest BCUT2D eigenvalue weighted by atomic mass is 35.5. The number of ether oxygens (including phenoxy) is 2. The zero-order valence-corrected chi connectivity index (χ0v) is 12.2. The molecule has 1 aliphatic carbocycles. The average Bonchev–Trinajstić information content (AvgIpc) is 2.48. The largest absolute Gasteiger partial charge is 0.491 e. The summed E-state index contributed by atoms with van der Waals surface area (Å²) in [6.07, 6.45) is 6.66. The molecular weight excluding hydrogens is 260 g/mol. The van der Waals surface area contributed by atoms with Crippen molar-refractivity contribution >= 4 is 11.6 Å². The molecule has 0 heterocycles. The summed E-state index contributed by atoms with van der Waals surface area (Å²) in [7, 11) is 0. The fourth-order valence-electron chi connectivity index (χ4n) is 2.73. The molecule has 1 fully saturated rings. The molecule has 0 bridgehead atoms. The predicted octanol–water partition coefficient (Wildman–Crippen LogP) is 4.37. The Bertz CT molecular complexity index is 362. The van der Waals surface area contributed by atoms with Crippen LogP contribution in [0.25, 0.3) is 0 Å². The van der Waals surface area contributed by atoms with Crippen molar-refractivity contribution in [1.29, 1.82) is 0 Å². The minimum atomic E-state index is 0.540. The summed E-state index contributed by atoms with van der Waals surface area (Å²) in [6, 6.07) is 8.44. The van der Waals surface area contributed by atoms with Gasteiger partial charge in [0.1, 0.15) is 12.4 Å². The molecule has 1 saturated carbocycles. The molecule has 0 saturated heterocycles. The Morgan fingerprint density at radius 2 is 1.79 bits per heavy atom. The Kier molecular flexibility index (Phi) is 6.52. The maximum atomic E-state index is 5.87. The first-order valence-electron chi connectivity index (χ1n) is 7.27. The molecule has 0 spiro atoms. The molecule has 2 nitrogen and oxygen atoms in total. The SMILES string of the molecule is ClCCOCCOc1ccccc1C1CCCCC1. The van der Waals surface area contributed by atoms with Gasteiger partial charge in [0.2, 0.25) is 0 Å². The number of benzene rings is 1. The van der Waals surface area contributed by atoms with Crippen LogP contribution in [0.5, 0.6) is 5.75 Å². The van der Waals surface area contributed by atoms with Gasteiger partial charge in [-0.15, -0.1) is 11.6 Å². The smallest absolute Gasteiger partial charge is 0.122 e. The van der Waals surface area contributed by atoms with Crippen LogP contribution in [0.1, 0.15) is 43.6 Å². The van der Waals surface area contributed by atoms with Crippen LogP contribution in [0.3, 0.4) is 0 Å². The Labute approximate surface area is 121 Å². The van der Waals surface area contributed by atoms with Crippen LogP contribution in [0.15, 0.2) is 24.3 Å². The monoisotopic (exact) mass is 282 g/mol. The van der Waals surface area contributed by atoms with E-state index in [1.165, 1.54) is 37.7 Å². The van der Waals surface area contributed by atoms with Gasteiger partial charge in [0.05, 0.1) is 13.2 Å². The van der Waals surface area contributed by atoms with Gasteiger partial charge in [-0.3, -0.25) is 0 Å². The van der Waals surface area contributed by atoms with Crippen molar-refractivity contribution in [3.05, 3.63) is 29.8 Å². The lowest BCUT2D eigenvalue weighted by atomic mass is 9.84. The van der Waals surface area contributed by atoms with Gasteiger partial charge in [-0.05, 0) is 30.4 Å². The summed E-state index contributed by atoms with van der Waals surface area (Å²) >= 11 is 5.56. The normalized spacial score (nSPS) is 16.5. The van der Waals surface area contributed by atoms with E-state index in [9.17, 15) is 0 Å². The van der Waals surface area contributed by atoms with Gasteiger partial charge >= 0.3 is 0 Å². The summed E-state index contributed by atoms with van der Waals surface area (Å²) in [6.45, 7) is 1.79. The van der Waals surface area contributed by atoms with Crippen LogP contribution in [0, 0.1) is 0 Å². The lowest BCUT2D eigenvalue weighted by molar-refractivity contribution is 0.111. The molecule has 1 aromatic carbocycles. The molecule has 0 atom stereocenters. The summed E-state index contributed by atoms with van der Waals surface area (Å²) in [4.78, 5) is 0. The minimum absolute atomic E-state index is 0.540. The number of alkyl halides is 1. The molecule has 0 unspecified atom stereocenters. The lowest BCUT2D eigenvalue weighted by Gasteiger charge is -2.24. The van der Waals surface area contributed by atoms with Crippen molar-refractivity contribution in [2.45, 2.75) is 38.0 Å². The standard InChI is InChI=1S/C16H23ClO2/c17-10-11-18-12-13-19-16-9-5-4-8-15(16)14-6-2-1-3-7-14/h4-5,8-9,14H,1-3,6-7,10-13H2. The van der Waals surface area contributed by atoms with Gasteiger partial charge in [0.25, 0.3) is 0 Å². The third-order valence-corrected chi connectivity index (χ3v) is 3.83. The molecule has 106 valence electrons. The highest BCUT2D eigenvalue weighted by Crippen LogP contribution is 2.37. The molecule has 2 rings (SSSR count). The molecule has 3 heteroatoms. The Hall–Kier alpha value is -0.730. The third kappa shape index (κ3) is 4.70. The maximum Gasteiger partial charge on any atom is 0.122 e. The molecule has 0 amide bonds. The van der Waals surface area contributed by atoms with E-state index in [4.69, 9.17) is 21.1 Å². The highest BCUT2D eigenvalue weighted by Gasteiger charge is 2.18. The molecule has 0 N–H and O–H groups in total. The Morgan fingerprint density at radius 1 is 1.00 bits per heavy atom. The number of hydrogen-bond acceptors (Lipinski definition) is 2. The topological polar surface area (TPSA) is 18.5 Å². The number of hydrogen-bond donors (Lipinski definition) is 0. The van der Waals surface area contributed by atoms with Gasteiger partial charge in [0, 0.05) is 5.88 Å². The Morgan fingerprint density at radius 3 is 2.58 bits per heavy atom. The van der Waals surface area contributed by atoms with Crippen LogP contribution < -0.4 is 4.74 Å². The molecule has 19 heavy (non-hydrogen) atoms. The summed E-state index contributed by atoms with van der Waals surface area (Å²) in [5, 5.41) is 0. The van der Waals surface area contributed by atoms with Crippen molar-refractivity contribution in [3.8, 4) is 5.75 Å². The van der Waals surface area contributed by atoms with E-state index in [0.29, 0.717) is 31.6 Å². The summed E-state index contributed by atoms with van der Waals surface area (Å²) in [5.41, 5.74) is 1.37. The van der Waals surface area contributed by atoms with Crippen LogP contribution in [-0.2, 0) is 4.74 Å². The van der Waals surface area contributed by atoms with Crippen molar-refractivity contribution in [3.63, 3.8) is 0 Å². The van der Waals surface area contributed by atoms with Gasteiger partial charge in [-0.2, -0.15) is 0 Å². The first kappa shape index (κ1) is 14.7. The van der Waals surface area contributed by atoms with Gasteiger partial charge in [-0.25, -0.2) is 0 Å². The molecule has 0 aromatic heterocycles. The molecule has 1 aromatic rings. The van der Waals surface area contributed by atoms with E-state index in [0.717, 1.165) is 5.75 Å². The van der Waals surface area contributed by atoms with E-state index in [-0.39, 0.29) is 0 Å². The first-order valence-corrected chi connectivity index (χ1v) is 7.80. The van der Waals surface area contributed by atoms with Crippen molar-refractivity contribution < 1.29 is 9.47 Å². The average molecular weight is 283 g/mol. The van der Waals surface area contributed by atoms with Crippen molar-refractivity contribution in [2.24, 2.45) is 0 Å². The molecule has 0 aliphatic heterocycles. The van der Waals surface area contributed by atoms with E-state index in [1.807, 2.05) is 6.07 Å². The van der Waals surface area contributed by atoms with E-state index >= 15 is 0 Å². The van der Waals surface area contributed by atoms with E-state index in [1.54, 1.807) is 0 Å². The Balaban J connectivity index is 1.88. The number of para-hydroxylation sites is 1. The first-order chi connectivity index (χ1) is 9.42. The second-order valence-corrected chi connectivity index (χ2v) is 5.40. The van der Waals surface area contributed by atoms with Gasteiger partial charge in [0.15, 0.2) is 0 Å². The molecule has 1 aliphatic rings. The molecule has 0 radical (unpaired) electrons. The van der Waals surface area contributed by atoms with Crippen molar-refractivity contribution in [2.75, 3.05) is 25.7 Å². The predicted molar refractivity (Wildman–Crippen MR) is 79.3 cm³/mol. The van der Waals surface area contributed by atoms with E-state index in [2.05, 4.69) is 18.2 Å². The van der Waals surface area contributed by atoms with Crippen LogP contribution >= 0.6 is 11.6 Å². The van der Waals surface area contributed by atoms with E-state index < -0.39 is 0 Å². The van der Waals surface area contributed by atoms with Crippen LogP contribution in [-0.4, -0.2) is 25.7 Å². The van der Waals surface area contributed by atoms with Gasteiger partial charge in [-0.1, -0.05) is 37.5 Å². The number of rotatable bonds is 7. The summed E-state index contributed by atoms with van der Waals surface area (Å²) in [5.74, 6) is 2.25. The van der Waals surface area contributed by atoms with Crippen LogP contribution in [0.4, 0.5) is 0 Å².